The van der Waals surface area contributed by atoms with Gasteiger partial charge in [0.15, 0.2) is 0 Å². The van der Waals surface area contributed by atoms with Crippen molar-refractivity contribution in [2.45, 2.75) is 80.8 Å². The highest BCUT2D eigenvalue weighted by Gasteiger charge is 2.36. The highest BCUT2D eigenvalue weighted by Crippen LogP contribution is 2.33. The molecule has 4 aromatic rings. The van der Waals surface area contributed by atoms with Crippen molar-refractivity contribution >= 4 is 39.3 Å². The van der Waals surface area contributed by atoms with E-state index in [0.29, 0.717) is 12.4 Å². The number of rotatable bonds is 15. The molecule has 0 radical (unpaired) electrons. The first-order chi connectivity index (χ1) is 24.2. The van der Waals surface area contributed by atoms with Crippen molar-refractivity contribution in [1.29, 1.82) is 0 Å². The lowest BCUT2D eigenvalue weighted by Crippen LogP contribution is -2.55. The van der Waals surface area contributed by atoms with Crippen LogP contribution in [0, 0.1) is 6.92 Å². The van der Waals surface area contributed by atoms with Crippen LogP contribution in [-0.4, -0.2) is 56.6 Å². The molecule has 10 heteroatoms. The van der Waals surface area contributed by atoms with Gasteiger partial charge in [0, 0.05) is 23.9 Å². The average Bonchev–Trinajstić information content (AvgIpc) is 3.14. The number of amides is 2. The summed E-state index contributed by atoms with van der Waals surface area (Å²) >= 11 is 1.51. The molecule has 0 unspecified atom stereocenters. The maximum Gasteiger partial charge on any atom is 0.264 e. The average molecular weight is 714 g/mol. The quantitative estimate of drug-likeness (QED) is 0.129. The van der Waals surface area contributed by atoms with E-state index in [1.54, 1.807) is 53.4 Å². The Morgan fingerprint density at radius 1 is 0.860 bits per heavy atom. The molecule has 4 aromatic carbocycles. The summed E-state index contributed by atoms with van der Waals surface area (Å²) < 4.78 is 36.0. The third-order valence-electron chi connectivity index (χ3n) is 9.06. The maximum atomic E-state index is 14.9. The van der Waals surface area contributed by atoms with Crippen LogP contribution in [0.1, 0.15) is 55.7 Å². The lowest BCUT2D eigenvalue weighted by atomic mass is 9.94. The van der Waals surface area contributed by atoms with Gasteiger partial charge in [0.1, 0.15) is 18.3 Å². The molecule has 264 valence electrons. The van der Waals surface area contributed by atoms with Crippen LogP contribution in [0.5, 0.6) is 5.75 Å². The van der Waals surface area contributed by atoms with Crippen LogP contribution in [-0.2, 0) is 32.6 Å². The molecule has 50 heavy (non-hydrogen) atoms. The number of hydrogen-bond donors (Lipinski definition) is 1. The largest absolute Gasteiger partial charge is 0.492 e. The molecule has 1 fully saturated rings. The fraction of sp³-hybridized carbons (Fsp3) is 0.350. The second kappa shape index (κ2) is 17.6. The SMILES string of the molecule is CCOc1ccccc1N(CC(=O)N(Cc1ccc(C)cc1)[C@@H](Cc1ccccc1)C(=O)NC1CCCCC1)S(=O)(=O)c1ccc(SC)cc1. The Kier molecular flexibility index (Phi) is 13.0. The van der Waals surface area contributed by atoms with Crippen LogP contribution in [0.25, 0.3) is 0 Å². The van der Waals surface area contributed by atoms with Crippen LogP contribution in [0.15, 0.2) is 113 Å². The number of hydrogen-bond acceptors (Lipinski definition) is 6. The maximum absolute atomic E-state index is 14.9. The fourth-order valence-corrected chi connectivity index (χ4v) is 8.15. The van der Waals surface area contributed by atoms with Crippen LogP contribution in [0.2, 0.25) is 0 Å². The Morgan fingerprint density at radius 2 is 1.52 bits per heavy atom. The van der Waals surface area contributed by atoms with Crippen molar-refractivity contribution in [3.63, 3.8) is 0 Å². The number of ether oxygens (including phenoxy) is 1. The number of carbonyl (C=O) groups is 2. The van der Waals surface area contributed by atoms with Gasteiger partial charge in [-0.05, 0) is 80.5 Å². The van der Waals surface area contributed by atoms with E-state index in [2.05, 4.69) is 5.32 Å². The summed E-state index contributed by atoms with van der Waals surface area (Å²) in [5.74, 6) is -0.396. The highest BCUT2D eigenvalue weighted by atomic mass is 32.2. The van der Waals surface area contributed by atoms with Gasteiger partial charge in [-0.2, -0.15) is 0 Å². The summed E-state index contributed by atoms with van der Waals surface area (Å²) in [6, 6.07) is 30.1. The predicted octanol–water partition coefficient (Wildman–Crippen LogP) is 7.40. The molecule has 0 saturated heterocycles. The van der Waals surface area contributed by atoms with E-state index >= 15 is 0 Å². The first kappa shape index (κ1) is 37.0. The summed E-state index contributed by atoms with van der Waals surface area (Å²) in [7, 11) is -4.26. The van der Waals surface area contributed by atoms with E-state index in [9.17, 15) is 18.0 Å². The van der Waals surface area contributed by atoms with Gasteiger partial charge in [0.05, 0.1) is 17.2 Å². The van der Waals surface area contributed by atoms with Crippen LogP contribution in [0.3, 0.4) is 0 Å². The molecule has 1 saturated carbocycles. The molecule has 2 amide bonds. The first-order valence-electron chi connectivity index (χ1n) is 17.3. The summed E-state index contributed by atoms with van der Waals surface area (Å²) in [5, 5.41) is 3.26. The number of para-hydroxylation sites is 2. The van der Waals surface area contributed by atoms with Gasteiger partial charge in [0.25, 0.3) is 10.0 Å². The van der Waals surface area contributed by atoms with Crippen molar-refractivity contribution in [1.82, 2.24) is 10.2 Å². The van der Waals surface area contributed by atoms with Crippen molar-refractivity contribution in [2.24, 2.45) is 0 Å². The van der Waals surface area contributed by atoms with Crippen molar-refractivity contribution in [3.05, 3.63) is 120 Å². The Labute approximate surface area is 301 Å². The molecule has 5 rings (SSSR count). The zero-order valence-corrected chi connectivity index (χ0v) is 30.7. The summed E-state index contributed by atoms with van der Waals surface area (Å²) in [4.78, 5) is 31.7. The predicted molar refractivity (Wildman–Crippen MR) is 201 cm³/mol. The molecule has 1 aliphatic carbocycles. The van der Waals surface area contributed by atoms with Crippen molar-refractivity contribution < 1.29 is 22.7 Å². The molecule has 0 aliphatic heterocycles. The monoisotopic (exact) mass is 713 g/mol. The minimum absolute atomic E-state index is 0.0325. The summed E-state index contributed by atoms with van der Waals surface area (Å²) in [5.41, 5.74) is 3.06. The molecule has 1 atom stereocenters. The molecule has 0 bridgehead atoms. The lowest BCUT2D eigenvalue weighted by molar-refractivity contribution is -0.140. The van der Waals surface area contributed by atoms with Gasteiger partial charge in [-0.25, -0.2) is 8.42 Å². The third-order valence-corrected chi connectivity index (χ3v) is 11.6. The smallest absolute Gasteiger partial charge is 0.264 e. The zero-order valence-electron chi connectivity index (χ0n) is 29.1. The third kappa shape index (κ3) is 9.48. The number of nitrogens with one attached hydrogen (secondary N) is 1. The van der Waals surface area contributed by atoms with Gasteiger partial charge in [-0.15, -0.1) is 11.8 Å². The molecule has 1 aliphatic rings. The molecular weight excluding hydrogens is 667 g/mol. The van der Waals surface area contributed by atoms with Gasteiger partial charge >= 0.3 is 0 Å². The van der Waals surface area contributed by atoms with E-state index in [1.807, 2.05) is 74.7 Å². The number of carbonyl (C=O) groups excluding carboxylic acids is 2. The Balaban J connectivity index is 1.59. The van der Waals surface area contributed by atoms with E-state index in [1.165, 1.54) is 11.8 Å². The minimum Gasteiger partial charge on any atom is -0.492 e. The fourth-order valence-electron chi connectivity index (χ4n) is 6.32. The van der Waals surface area contributed by atoms with E-state index in [-0.39, 0.29) is 35.5 Å². The minimum atomic E-state index is -4.26. The number of sulfonamides is 1. The lowest BCUT2D eigenvalue weighted by Gasteiger charge is -2.35. The number of thioether (sulfide) groups is 1. The van der Waals surface area contributed by atoms with Crippen LogP contribution in [0.4, 0.5) is 5.69 Å². The van der Waals surface area contributed by atoms with Gasteiger partial charge in [0.2, 0.25) is 11.8 Å². The Morgan fingerprint density at radius 3 is 2.18 bits per heavy atom. The van der Waals surface area contributed by atoms with Crippen molar-refractivity contribution in [3.8, 4) is 5.75 Å². The Bertz CT molecular complexity index is 1810. The van der Waals surface area contributed by atoms with Gasteiger partial charge in [-0.3, -0.25) is 13.9 Å². The number of benzene rings is 4. The number of anilines is 1. The standard InChI is InChI=1S/C40H47N3O5S2/c1-4-48-38-18-12-11-17-36(38)43(50(46,47)35-25-23-34(49-3)24-26-35)29-39(44)42(28-32-21-19-30(2)20-22-32)37(27-31-13-7-5-8-14-31)40(45)41-33-15-9-6-10-16-33/h5,7-8,11-14,17-26,33,37H,4,6,9-10,15-16,27-29H2,1-3H3,(H,41,45)/t37-/m0/s1. The molecular formula is C40H47N3O5S2. The molecule has 0 heterocycles. The van der Waals surface area contributed by atoms with Gasteiger partial charge < -0.3 is 15.0 Å². The zero-order chi connectivity index (χ0) is 35.5. The van der Waals surface area contributed by atoms with E-state index in [4.69, 9.17) is 4.74 Å². The van der Waals surface area contributed by atoms with E-state index < -0.39 is 28.5 Å². The van der Waals surface area contributed by atoms with Crippen LogP contribution < -0.4 is 14.4 Å². The van der Waals surface area contributed by atoms with Crippen molar-refractivity contribution in [2.75, 3.05) is 23.7 Å². The van der Waals surface area contributed by atoms with E-state index in [0.717, 1.165) is 58.0 Å². The highest BCUT2D eigenvalue weighted by molar-refractivity contribution is 7.98. The molecule has 1 N–H and O–H groups in total. The van der Waals surface area contributed by atoms with Crippen LogP contribution >= 0.6 is 11.8 Å². The number of aryl methyl sites for hydroxylation is 1. The van der Waals surface area contributed by atoms with Gasteiger partial charge in [-0.1, -0.05) is 91.6 Å². The summed E-state index contributed by atoms with van der Waals surface area (Å²) in [6.07, 6.45) is 7.22. The second-order valence-electron chi connectivity index (χ2n) is 12.6. The normalized spacial score (nSPS) is 14.1. The molecule has 8 nitrogen and oxygen atoms in total. The Hall–Kier alpha value is -4.28. The molecule has 0 aromatic heterocycles. The first-order valence-corrected chi connectivity index (χ1v) is 19.9. The number of nitrogens with zero attached hydrogens (tertiary/aromatic N) is 2. The molecule has 0 spiro atoms. The second-order valence-corrected chi connectivity index (χ2v) is 15.4. The topological polar surface area (TPSA) is 96.0 Å². The summed E-state index contributed by atoms with van der Waals surface area (Å²) in [6.45, 7) is 3.71.